The Morgan fingerprint density at radius 1 is 1.60 bits per heavy atom. The molecule has 0 aliphatic carbocycles. The third-order valence-corrected chi connectivity index (χ3v) is 0.907. The summed E-state index contributed by atoms with van der Waals surface area (Å²) in [6.07, 6.45) is 0. The number of rotatable bonds is 2. The lowest BCUT2D eigenvalue weighted by molar-refractivity contribution is -0.137. The summed E-state index contributed by atoms with van der Waals surface area (Å²) in [5.41, 5.74) is 4.94. The van der Waals surface area contributed by atoms with Gasteiger partial charge in [-0.1, -0.05) is 0 Å². The molecule has 0 saturated carbocycles. The number of halogens is 2. The zero-order valence-electron chi connectivity index (χ0n) is 4.98. The number of carboxylic acid groups (broad SMARTS) is 1. The molecular formula is C3H11Cl2NO3S. The van der Waals surface area contributed by atoms with Crippen molar-refractivity contribution < 1.29 is 15.4 Å². The van der Waals surface area contributed by atoms with Crippen molar-refractivity contribution in [2.75, 3.05) is 5.75 Å². The van der Waals surface area contributed by atoms with Gasteiger partial charge in [-0.25, -0.2) is 0 Å². The summed E-state index contributed by atoms with van der Waals surface area (Å²) >= 11 is 3.65. The third kappa shape index (κ3) is 11.2. The van der Waals surface area contributed by atoms with Crippen molar-refractivity contribution in [1.29, 1.82) is 0 Å². The van der Waals surface area contributed by atoms with Crippen LogP contribution in [0.2, 0.25) is 0 Å². The molecule has 0 aromatic rings. The molecule has 0 aromatic heterocycles. The van der Waals surface area contributed by atoms with E-state index in [1.165, 1.54) is 0 Å². The second-order valence-electron chi connectivity index (χ2n) is 1.13. The summed E-state index contributed by atoms with van der Waals surface area (Å²) in [6.45, 7) is 0. The fraction of sp³-hybridized carbons (Fsp3) is 0.667. The molecule has 0 heterocycles. The highest BCUT2D eigenvalue weighted by atomic mass is 35.5. The molecule has 1 atom stereocenters. The van der Waals surface area contributed by atoms with E-state index in [9.17, 15) is 4.79 Å². The molecular weight excluding hydrogens is 201 g/mol. The van der Waals surface area contributed by atoms with Gasteiger partial charge in [0.25, 0.3) is 0 Å². The van der Waals surface area contributed by atoms with Crippen LogP contribution in [0, 0.1) is 0 Å². The van der Waals surface area contributed by atoms with Crippen LogP contribution in [0.1, 0.15) is 0 Å². The minimum atomic E-state index is -1.00. The zero-order chi connectivity index (χ0) is 5.86. The highest BCUT2D eigenvalue weighted by Crippen LogP contribution is 1.80. The number of hydrogen-bond donors (Lipinski definition) is 3. The van der Waals surface area contributed by atoms with Crippen molar-refractivity contribution in [3.05, 3.63) is 0 Å². The lowest BCUT2D eigenvalue weighted by Crippen LogP contribution is -2.31. The van der Waals surface area contributed by atoms with E-state index in [0.717, 1.165) is 0 Å². The Morgan fingerprint density at radius 3 is 1.90 bits per heavy atom. The van der Waals surface area contributed by atoms with Crippen molar-refractivity contribution >= 4 is 43.4 Å². The number of carboxylic acids is 1. The molecule has 0 radical (unpaired) electrons. The minimum absolute atomic E-state index is 0. The molecule has 4 nitrogen and oxygen atoms in total. The quantitative estimate of drug-likeness (QED) is 0.530. The van der Waals surface area contributed by atoms with Gasteiger partial charge in [-0.05, 0) is 0 Å². The van der Waals surface area contributed by atoms with Gasteiger partial charge in [0.2, 0.25) is 0 Å². The molecule has 0 fully saturated rings. The number of thiol groups is 1. The fourth-order valence-electron chi connectivity index (χ4n) is 0.0781. The summed E-state index contributed by atoms with van der Waals surface area (Å²) in [5, 5.41) is 8.01. The number of aliphatic carboxylic acids is 1. The van der Waals surface area contributed by atoms with Crippen LogP contribution in [0.25, 0.3) is 0 Å². The summed E-state index contributed by atoms with van der Waals surface area (Å²) in [7, 11) is 0. The molecule has 5 N–H and O–H groups in total. The van der Waals surface area contributed by atoms with Gasteiger partial charge in [0.15, 0.2) is 0 Å². The van der Waals surface area contributed by atoms with Gasteiger partial charge in [0, 0.05) is 5.75 Å². The zero-order valence-corrected chi connectivity index (χ0v) is 7.51. The molecule has 0 amide bonds. The van der Waals surface area contributed by atoms with Crippen LogP contribution in [0.5, 0.6) is 0 Å². The normalized spacial score (nSPS) is 9.40. The second-order valence-corrected chi connectivity index (χ2v) is 1.49. The van der Waals surface area contributed by atoms with E-state index < -0.39 is 12.0 Å². The predicted molar refractivity (Wildman–Crippen MR) is 47.6 cm³/mol. The van der Waals surface area contributed by atoms with E-state index in [4.69, 9.17) is 10.8 Å². The van der Waals surface area contributed by atoms with E-state index in [1.54, 1.807) is 0 Å². The minimum Gasteiger partial charge on any atom is -0.480 e. The fourth-order valence-corrected chi connectivity index (χ4v) is 0.234. The molecule has 7 heteroatoms. The lowest BCUT2D eigenvalue weighted by Gasteiger charge is -1.96. The second kappa shape index (κ2) is 12.0. The molecule has 1 unspecified atom stereocenters. The van der Waals surface area contributed by atoms with Crippen molar-refractivity contribution in [2.24, 2.45) is 5.73 Å². The number of nitrogens with two attached hydrogens (primary N) is 1. The smallest absolute Gasteiger partial charge is 0.321 e. The van der Waals surface area contributed by atoms with Gasteiger partial charge < -0.3 is 16.3 Å². The molecule has 0 spiro atoms. The van der Waals surface area contributed by atoms with Crippen LogP contribution in [0.15, 0.2) is 0 Å². The van der Waals surface area contributed by atoms with Gasteiger partial charge in [-0.15, -0.1) is 24.8 Å². The summed E-state index contributed by atoms with van der Waals surface area (Å²) < 4.78 is 0. The maximum Gasteiger partial charge on any atom is 0.321 e. The maximum atomic E-state index is 9.76. The Hall–Kier alpha value is 0.320. The van der Waals surface area contributed by atoms with E-state index in [0.29, 0.717) is 0 Å². The van der Waals surface area contributed by atoms with Crippen LogP contribution in [0.4, 0.5) is 0 Å². The average Bonchev–Trinajstić information content (AvgIpc) is 1.65. The molecule has 0 aliphatic rings. The molecule has 0 bridgehead atoms. The van der Waals surface area contributed by atoms with Crippen LogP contribution >= 0.6 is 37.4 Å². The van der Waals surface area contributed by atoms with Gasteiger partial charge in [-0.2, -0.15) is 12.6 Å². The maximum absolute atomic E-state index is 9.76. The summed E-state index contributed by atoms with van der Waals surface area (Å²) in [5.74, 6) is -0.815. The van der Waals surface area contributed by atoms with Crippen LogP contribution < -0.4 is 5.73 Å². The van der Waals surface area contributed by atoms with Crippen LogP contribution in [-0.2, 0) is 4.79 Å². The van der Waals surface area contributed by atoms with E-state index in [2.05, 4.69) is 12.6 Å². The van der Waals surface area contributed by atoms with Crippen molar-refractivity contribution in [3.63, 3.8) is 0 Å². The monoisotopic (exact) mass is 211 g/mol. The van der Waals surface area contributed by atoms with Crippen molar-refractivity contribution in [3.8, 4) is 0 Å². The third-order valence-electron chi connectivity index (χ3n) is 0.514. The van der Waals surface area contributed by atoms with E-state index >= 15 is 0 Å². The lowest BCUT2D eigenvalue weighted by atomic mass is 10.4. The van der Waals surface area contributed by atoms with Gasteiger partial charge in [0.1, 0.15) is 6.04 Å². The Bertz CT molecular complexity index is 84.1. The largest absolute Gasteiger partial charge is 0.480 e. The van der Waals surface area contributed by atoms with Crippen LogP contribution in [0.3, 0.4) is 0 Å². The van der Waals surface area contributed by atoms with Gasteiger partial charge in [-0.3, -0.25) is 4.79 Å². The first kappa shape index (κ1) is 22.4. The number of carbonyl (C=O) groups is 1. The molecule has 0 saturated heterocycles. The molecule has 10 heavy (non-hydrogen) atoms. The van der Waals surface area contributed by atoms with Gasteiger partial charge >= 0.3 is 5.97 Å². The van der Waals surface area contributed by atoms with Crippen molar-refractivity contribution in [1.82, 2.24) is 0 Å². The first-order chi connectivity index (χ1) is 3.18. The predicted octanol–water partition coefficient (Wildman–Crippen LogP) is -0.653. The Morgan fingerprint density at radius 2 is 1.90 bits per heavy atom. The number of hydrogen-bond acceptors (Lipinski definition) is 3. The molecule has 0 aromatic carbocycles. The van der Waals surface area contributed by atoms with Crippen molar-refractivity contribution in [2.45, 2.75) is 6.04 Å². The molecule has 66 valence electrons. The van der Waals surface area contributed by atoms with E-state index in [-0.39, 0.29) is 36.0 Å². The first-order valence-electron chi connectivity index (χ1n) is 1.77. The highest BCUT2D eigenvalue weighted by molar-refractivity contribution is 7.80. The van der Waals surface area contributed by atoms with E-state index in [1.807, 2.05) is 0 Å². The Kier molecular flexibility index (Phi) is 27.0. The SMILES string of the molecule is Cl.Cl.NC(CS)C(=O)O.O. The van der Waals surface area contributed by atoms with Crippen LogP contribution in [-0.4, -0.2) is 28.3 Å². The molecule has 0 aliphatic heterocycles. The highest BCUT2D eigenvalue weighted by Gasteiger charge is 2.06. The summed E-state index contributed by atoms with van der Waals surface area (Å²) in [4.78, 5) is 9.76. The molecule has 0 rings (SSSR count). The van der Waals surface area contributed by atoms with Gasteiger partial charge in [0.05, 0.1) is 0 Å². The standard InChI is InChI=1S/C3H7NO2S.2ClH.H2O/c4-2(1-7)3(5)6;;;/h2,7H,1,4H2,(H,5,6);2*1H;1H2. The first-order valence-corrected chi connectivity index (χ1v) is 2.41. The Labute approximate surface area is 76.7 Å². The average molecular weight is 212 g/mol. The topological polar surface area (TPSA) is 94.8 Å². The Balaban J connectivity index is -0.0000000600. The summed E-state index contributed by atoms with van der Waals surface area (Å²) in [6, 6.07) is -0.816.